The Bertz CT molecular complexity index is 627. The zero-order valence-corrected chi connectivity index (χ0v) is 20.6. The number of hydrogen-bond donors (Lipinski definition) is 0. The van der Waals surface area contributed by atoms with E-state index in [0.29, 0.717) is 0 Å². The zero-order chi connectivity index (χ0) is 22.4. The molecule has 3 heteroatoms. The Hall–Kier alpha value is -1.61. The van der Waals surface area contributed by atoms with Gasteiger partial charge in [-0.2, -0.15) is 0 Å². The molecular formula is C27H46N2O. The fourth-order valence-electron chi connectivity index (χ4n) is 3.77. The standard InChI is InChI=1S/C27H46N2O/c1-7-17-28-18-20-29(21-19-28)27(30)22-26(6)16-10-15-25(5)14-9-13-24(4)12-8-11-23(2)3/h11,13,15,22H,7-10,12,14,16-21H2,1-6H3/b24-13+,25-15+,26-22+. The molecule has 0 aliphatic carbocycles. The van der Waals surface area contributed by atoms with Crippen molar-refractivity contribution in [3.05, 3.63) is 46.6 Å². The first-order chi connectivity index (χ1) is 14.3. The predicted octanol–water partition coefficient (Wildman–Crippen LogP) is 6.69. The van der Waals surface area contributed by atoms with E-state index in [-0.39, 0.29) is 5.91 Å². The van der Waals surface area contributed by atoms with Gasteiger partial charge in [0.05, 0.1) is 0 Å². The summed E-state index contributed by atoms with van der Waals surface area (Å²) in [6.45, 7) is 18.0. The van der Waals surface area contributed by atoms with Crippen LogP contribution in [0, 0.1) is 0 Å². The lowest BCUT2D eigenvalue weighted by atomic mass is 10.0. The molecule has 0 bridgehead atoms. The monoisotopic (exact) mass is 414 g/mol. The number of nitrogens with zero attached hydrogens (tertiary/aromatic N) is 2. The van der Waals surface area contributed by atoms with Gasteiger partial charge in [0.2, 0.25) is 5.91 Å². The minimum Gasteiger partial charge on any atom is -0.337 e. The molecule has 1 aliphatic rings. The Morgan fingerprint density at radius 2 is 1.23 bits per heavy atom. The van der Waals surface area contributed by atoms with Crippen LogP contribution in [-0.4, -0.2) is 48.4 Å². The van der Waals surface area contributed by atoms with E-state index >= 15 is 0 Å². The Morgan fingerprint density at radius 1 is 0.733 bits per heavy atom. The summed E-state index contributed by atoms with van der Waals surface area (Å²) in [6, 6.07) is 0. The first-order valence-electron chi connectivity index (χ1n) is 11.9. The molecule has 1 aliphatic heterocycles. The third kappa shape index (κ3) is 12.2. The second-order valence-electron chi connectivity index (χ2n) is 9.16. The van der Waals surface area contributed by atoms with Crippen LogP contribution in [0.1, 0.15) is 86.5 Å². The molecule has 0 spiro atoms. The van der Waals surface area contributed by atoms with Crippen LogP contribution in [0.2, 0.25) is 0 Å². The van der Waals surface area contributed by atoms with Crippen LogP contribution in [0.4, 0.5) is 0 Å². The highest BCUT2D eigenvalue weighted by atomic mass is 16.2. The number of hydrogen-bond acceptors (Lipinski definition) is 2. The summed E-state index contributed by atoms with van der Waals surface area (Å²) in [5, 5.41) is 0. The molecule has 0 radical (unpaired) electrons. The van der Waals surface area contributed by atoms with Gasteiger partial charge in [0.1, 0.15) is 0 Å². The largest absolute Gasteiger partial charge is 0.337 e. The second-order valence-corrected chi connectivity index (χ2v) is 9.16. The molecule has 0 aromatic heterocycles. The van der Waals surface area contributed by atoms with Crippen molar-refractivity contribution in [2.75, 3.05) is 32.7 Å². The van der Waals surface area contributed by atoms with Gasteiger partial charge in [-0.15, -0.1) is 0 Å². The quantitative estimate of drug-likeness (QED) is 0.262. The molecule has 0 aromatic rings. The normalized spacial score (nSPS) is 16.7. The van der Waals surface area contributed by atoms with E-state index in [1.54, 1.807) is 0 Å². The van der Waals surface area contributed by atoms with Crippen LogP contribution in [0.15, 0.2) is 46.6 Å². The van der Waals surface area contributed by atoms with Crippen LogP contribution in [-0.2, 0) is 4.79 Å². The predicted molar refractivity (Wildman–Crippen MR) is 132 cm³/mol. The van der Waals surface area contributed by atoms with Crippen LogP contribution >= 0.6 is 0 Å². The summed E-state index contributed by atoms with van der Waals surface area (Å²) in [5.74, 6) is 0.193. The van der Waals surface area contributed by atoms with Crippen LogP contribution in [0.3, 0.4) is 0 Å². The SMILES string of the molecule is CCCN1CCN(C(=O)/C=C(\C)CC/C=C(\C)CC/C=C(\C)CCC=C(C)C)CC1. The molecule has 0 unspecified atom stereocenters. The lowest BCUT2D eigenvalue weighted by Gasteiger charge is -2.34. The summed E-state index contributed by atoms with van der Waals surface area (Å²) in [6.07, 6.45) is 16.7. The molecule has 0 atom stereocenters. The Balaban J connectivity index is 2.29. The minimum atomic E-state index is 0.193. The first kappa shape index (κ1) is 26.4. The Labute approximate surface area is 186 Å². The maximum absolute atomic E-state index is 12.5. The Morgan fingerprint density at radius 3 is 1.73 bits per heavy atom. The summed E-state index contributed by atoms with van der Waals surface area (Å²) >= 11 is 0. The maximum atomic E-state index is 12.5. The van der Waals surface area contributed by atoms with E-state index in [2.05, 4.69) is 64.7 Å². The number of allylic oxidation sites excluding steroid dienone is 7. The van der Waals surface area contributed by atoms with Gasteiger partial charge in [0.25, 0.3) is 0 Å². The second kappa shape index (κ2) is 15.2. The molecule has 1 rings (SSSR count). The molecular weight excluding hydrogens is 368 g/mol. The lowest BCUT2D eigenvalue weighted by Crippen LogP contribution is -2.48. The minimum absolute atomic E-state index is 0.193. The van der Waals surface area contributed by atoms with Crippen molar-refractivity contribution < 1.29 is 4.79 Å². The smallest absolute Gasteiger partial charge is 0.246 e. The van der Waals surface area contributed by atoms with Gasteiger partial charge in [-0.1, -0.05) is 47.4 Å². The number of amides is 1. The van der Waals surface area contributed by atoms with Crippen molar-refractivity contribution in [3.63, 3.8) is 0 Å². The van der Waals surface area contributed by atoms with Crippen LogP contribution in [0.25, 0.3) is 0 Å². The topological polar surface area (TPSA) is 23.6 Å². The van der Waals surface area contributed by atoms with Crippen molar-refractivity contribution in [1.29, 1.82) is 0 Å². The van der Waals surface area contributed by atoms with E-state index in [9.17, 15) is 4.79 Å². The van der Waals surface area contributed by atoms with Gasteiger partial charge in [-0.3, -0.25) is 9.69 Å². The first-order valence-corrected chi connectivity index (χ1v) is 11.9. The van der Waals surface area contributed by atoms with Gasteiger partial charge in [-0.05, 0) is 86.1 Å². The highest BCUT2D eigenvalue weighted by molar-refractivity contribution is 5.88. The number of carbonyl (C=O) groups excluding carboxylic acids is 1. The van der Waals surface area contributed by atoms with Crippen LogP contribution < -0.4 is 0 Å². The third-order valence-corrected chi connectivity index (χ3v) is 5.75. The summed E-state index contributed by atoms with van der Waals surface area (Å²) in [5.41, 5.74) is 5.54. The third-order valence-electron chi connectivity index (χ3n) is 5.75. The number of rotatable bonds is 12. The van der Waals surface area contributed by atoms with E-state index in [4.69, 9.17) is 0 Å². The highest BCUT2D eigenvalue weighted by Crippen LogP contribution is 2.14. The van der Waals surface area contributed by atoms with Gasteiger partial charge >= 0.3 is 0 Å². The number of carbonyl (C=O) groups is 1. The summed E-state index contributed by atoms with van der Waals surface area (Å²) in [4.78, 5) is 16.9. The lowest BCUT2D eigenvalue weighted by molar-refractivity contribution is -0.127. The zero-order valence-electron chi connectivity index (χ0n) is 20.6. The highest BCUT2D eigenvalue weighted by Gasteiger charge is 2.19. The number of piperazine rings is 1. The fourth-order valence-corrected chi connectivity index (χ4v) is 3.77. The van der Waals surface area contributed by atoms with Gasteiger partial charge in [0, 0.05) is 32.3 Å². The van der Waals surface area contributed by atoms with Crippen molar-refractivity contribution in [2.24, 2.45) is 0 Å². The van der Waals surface area contributed by atoms with Gasteiger partial charge in [-0.25, -0.2) is 0 Å². The molecule has 170 valence electrons. The molecule has 1 fully saturated rings. The Kier molecular flexibility index (Phi) is 13.4. The molecule has 1 amide bonds. The van der Waals surface area contributed by atoms with Crippen molar-refractivity contribution in [2.45, 2.75) is 86.5 Å². The van der Waals surface area contributed by atoms with E-state index < -0.39 is 0 Å². The molecule has 1 heterocycles. The average molecular weight is 415 g/mol. The van der Waals surface area contributed by atoms with Crippen molar-refractivity contribution in [3.8, 4) is 0 Å². The van der Waals surface area contributed by atoms with Gasteiger partial charge < -0.3 is 4.90 Å². The average Bonchev–Trinajstić information content (AvgIpc) is 2.68. The molecule has 0 saturated carbocycles. The maximum Gasteiger partial charge on any atom is 0.246 e. The van der Waals surface area contributed by atoms with Crippen molar-refractivity contribution >= 4 is 5.91 Å². The fraction of sp³-hybridized carbons (Fsp3) is 0.667. The molecule has 3 nitrogen and oxygen atoms in total. The van der Waals surface area contributed by atoms with Crippen LogP contribution in [0.5, 0.6) is 0 Å². The van der Waals surface area contributed by atoms with E-state index in [0.717, 1.165) is 64.8 Å². The molecule has 1 saturated heterocycles. The molecule has 0 aromatic carbocycles. The summed E-state index contributed by atoms with van der Waals surface area (Å²) < 4.78 is 0. The molecule has 30 heavy (non-hydrogen) atoms. The summed E-state index contributed by atoms with van der Waals surface area (Å²) in [7, 11) is 0. The van der Waals surface area contributed by atoms with Crippen molar-refractivity contribution in [1.82, 2.24) is 9.80 Å². The van der Waals surface area contributed by atoms with E-state index in [1.807, 2.05) is 11.0 Å². The molecule has 0 N–H and O–H groups in total. The van der Waals surface area contributed by atoms with Gasteiger partial charge in [0.15, 0.2) is 0 Å². The van der Waals surface area contributed by atoms with E-state index in [1.165, 1.54) is 35.1 Å².